The zero-order valence-electron chi connectivity index (χ0n) is 10.9. The van der Waals surface area contributed by atoms with E-state index in [0.29, 0.717) is 6.04 Å². The summed E-state index contributed by atoms with van der Waals surface area (Å²) in [7, 11) is 2.12. The average molecular weight is 284 g/mol. The third kappa shape index (κ3) is 2.76. The molecule has 98 valence electrons. The predicted molar refractivity (Wildman–Crippen MR) is 79.9 cm³/mol. The molecule has 18 heavy (non-hydrogen) atoms. The van der Waals surface area contributed by atoms with Gasteiger partial charge < -0.3 is 14.5 Å². The third-order valence-corrected chi connectivity index (χ3v) is 3.85. The molecule has 1 N–H and O–H groups in total. The second-order valence-corrected chi connectivity index (χ2v) is 5.64. The summed E-state index contributed by atoms with van der Waals surface area (Å²) in [6.07, 6.45) is 0. The third-order valence-electron chi connectivity index (χ3n) is 3.30. The van der Waals surface area contributed by atoms with Crippen LogP contribution in [0.3, 0.4) is 0 Å². The number of fused-ring (bicyclic) bond motifs is 1. The first-order chi connectivity index (χ1) is 8.49. The number of H-pyrrole nitrogens is 1. The minimum Gasteiger partial charge on any atom is -0.331 e. The van der Waals surface area contributed by atoms with Crippen LogP contribution in [0.1, 0.15) is 13.8 Å². The van der Waals surface area contributed by atoms with Gasteiger partial charge in [-0.25, -0.2) is 0 Å². The van der Waals surface area contributed by atoms with E-state index >= 15 is 0 Å². The number of rotatable bonds is 4. The molecule has 0 atom stereocenters. The SMILES string of the molecule is CC(C)N(C)CCn1c(=S)[nH]c2ccc(Cl)cc21. The zero-order valence-corrected chi connectivity index (χ0v) is 12.5. The van der Waals surface area contributed by atoms with Crippen molar-refractivity contribution in [3.8, 4) is 0 Å². The molecule has 0 fully saturated rings. The van der Waals surface area contributed by atoms with Gasteiger partial charge in [0.25, 0.3) is 0 Å². The van der Waals surface area contributed by atoms with E-state index in [9.17, 15) is 0 Å². The first-order valence-corrected chi connectivity index (χ1v) is 6.86. The summed E-state index contributed by atoms with van der Waals surface area (Å²) in [6, 6.07) is 6.34. The minimum atomic E-state index is 0.535. The van der Waals surface area contributed by atoms with E-state index in [1.165, 1.54) is 0 Å². The molecule has 0 aliphatic rings. The van der Waals surface area contributed by atoms with Crippen LogP contribution >= 0.6 is 23.8 Å². The molecule has 0 aliphatic heterocycles. The summed E-state index contributed by atoms with van der Waals surface area (Å²) in [5, 5.41) is 0.738. The number of imidazole rings is 1. The van der Waals surface area contributed by atoms with Crippen LogP contribution in [0.4, 0.5) is 0 Å². The van der Waals surface area contributed by atoms with E-state index in [4.69, 9.17) is 23.8 Å². The molecule has 1 aromatic carbocycles. The summed E-state index contributed by atoms with van der Waals surface area (Å²) in [4.78, 5) is 5.50. The number of benzene rings is 1. The molecule has 2 aromatic rings. The Bertz CT molecular complexity index is 600. The number of nitrogens with zero attached hydrogens (tertiary/aromatic N) is 2. The average Bonchev–Trinajstić information content (AvgIpc) is 2.61. The van der Waals surface area contributed by atoms with Gasteiger partial charge in [0.05, 0.1) is 11.0 Å². The zero-order chi connectivity index (χ0) is 13.3. The van der Waals surface area contributed by atoms with Crippen LogP contribution < -0.4 is 0 Å². The van der Waals surface area contributed by atoms with Gasteiger partial charge in [-0.2, -0.15) is 0 Å². The first-order valence-electron chi connectivity index (χ1n) is 6.07. The van der Waals surface area contributed by atoms with Crippen molar-refractivity contribution in [3.05, 3.63) is 28.0 Å². The van der Waals surface area contributed by atoms with Gasteiger partial charge in [0, 0.05) is 24.2 Å². The van der Waals surface area contributed by atoms with Crippen molar-refractivity contribution >= 4 is 34.9 Å². The van der Waals surface area contributed by atoms with Gasteiger partial charge in [-0.15, -0.1) is 0 Å². The maximum Gasteiger partial charge on any atom is 0.178 e. The molecule has 0 bridgehead atoms. The Balaban J connectivity index is 2.30. The van der Waals surface area contributed by atoms with Gasteiger partial charge in [0.1, 0.15) is 0 Å². The molecule has 1 heterocycles. The Morgan fingerprint density at radius 2 is 2.17 bits per heavy atom. The molecule has 0 amide bonds. The van der Waals surface area contributed by atoms with Gasteiger partial charge in [-0.1, -0.05) is 11.6 Å². The number of aromatic amines is 1. The lowest BCUT2D eigenvalue weighted by molar-refractivity contribution is 0.263. The van der Waals surface area contributed by atoms with Crippen LogP contribution in [-0.2, 0) is 6.54 Å². The number of hydrogen-bond acceptors (Lipinski definition) is 2. The Morgan fingerprint density at radius 3 is 2.83 bits per heavy atom. The lowest BCUT2D eigenvalue weighted by Crippen LogP contribution is -2.29. The summed E-state index contributed by atoms with van der Waals surface area (Å²) in [5.41, 5.74) is 2.11. The summed E-state index contributed by atoms with van der Waals surface area (Å²) in [5.74, 6) is 0. The maximum atomic E-state index is 6.04. The number of aromatic nitrogens is 2. The van der Waals surface area contributed by atoms with E-state index in [1.807, 2.05) is 18.2 Å². The highest BCUT2D eigenvalue weighted by atomic mass is 35.5. The van der Waals surface area contributed by atoms with E-state index in [1.54, 1.807) is 0 Å². The molecular formula is C13H18ClN3S. The van der Waals surface area contributed by atoms with E-state index in [2.05, 4.69) is 35.3 Å². The molecule has 0 saturated carbocycles. The Labute approximate surface area is 117 Å². The fraction of sp³-hybridized carbons (Fsp3) is 0.462. The maximum absolute atomic E-state index is 6.04. The smallest absolute Gasteiger partial charge is 0.178 e. The van der Waals surface area contributed by atoms with Crippen molar-refractivity contribution in [2.24, 2.45) is 0 Å². The van der Waals surface area contributed by atoms with Crippen LogP contribution in [0.2, 0.25) is 5.02 Å². The minimum absolute atomic E-state index is 0.535. The quantitative estimate of drug-likeness (QED) is 0.865. The molecule has 1 aromatic heterocycles. The van der Waals surface area contributed by atoms with Crippen LogP contribution in [0.5, 0.6) is 0 Å². The number of likely N-dealkylation sites (N-methyl/N-ethyl adjacent to an activating group) is 1. The van der Waals surface area contributed by atoms with Crippen LogP contribution in [0.25, 0.3) is 11.0 Å². The topological polar surface area (TPSA) is 24.0 Å². The lowest BCUT2D eigenvalue weighted by Gasteiger charge is -2.21. The standard InChI is InChI=1S/C13H18ClN3S/c1-9(2)16(3)6-7-17-12-8-10(14)4-5-11(12)15-13(17)18/h4-5,8-9H,6-7H2,1-3H3,(H,15,18). The van der Waals surface area contributed by atoms with Crippen LogP contribution in [0.15, 0.2) is 18.2 Å². The predicted octanol–water partition coefficient (Wildman–Crippen LogP) is 3.69. The highest BCUT2D eigenvalue weighted by Crippen LogP contribution is 2.19. The van der Waals surface area contributed by atoms with Crippen molar-refractivity contribution in [2.45, 2.75) is 26.4 Å². The van der Waals surface area contributed by atoms with Gasteiger partial charge in [-0.05, 0) is 51.3 Å². The Morgan fingerprint density at radius 1 is 1.44 bits per heavy atom. The molecule has 3 nitrogen and oxygen atoms in total. The molecular weight excluding hydrogens is 266 g/mol. The number of nitrogens with one attached hydrogen (secondary N) is 1. The molecule has 5 heteroatoms. The highest BCUT2D eigenvalue weighted by Gasteiger charge is 2.07. The van der Waals surface area contributed by atoms with Crippen molar-refractivity contribution in [3.63, 3.8) is 0 Å². The molecule has 0 spiro atoms. The van der Waals surface area contributed by atoms with Crippen LogP contribution in [-0.4, -0.2) is 34.1 Å². The van der Waals surface area contributed by atoms with Gasteiger partial charge in [0.2, 0.25) is 0 Å². The Hall–Kier alpha value is -0.840. The summed E-state index contributed by atoms with van der Waals surface area (Å²) >= 11 is 11.4. The van der Waals surface area contributed by atoms with Gasteiger partial charge in [-0.3, -0.25) is 0 Å². The van der Waals surface area contributed by atoms with Crippen LogP contribution in [0, 0.1) is 4.77 Å². The molecule has 0 unspecified atom stereocenters. The number of halogens is 1. The monoisotopic (exact) mass is 283 g/mol. The Kier molecular flexibility index (Phi) is 4.10. The second-order valence-electron chi connectivity index (χ2n) is 4.82. The van der Waals surface area contributed by atoms with E-state index in [-0.39, 0.29) is 0 Å². The largest absolute Gasteiger partial charge is 0.331 e. The fourth-order valence-electron chi connectivity index (χ4n) is 1.86. The summed E-state index contributed by atoms with van der Waals surface area (Å²) in [6.45, 7) is 6.20. The normalized spacial score (nSPS) is 11.9. The van der Waals surface area contributed by atoms with Gasteiger partial charge in [0.15, 0.2) is 4.77 Å². The van der Waals surface area contributed by atoms with Crippen molar-refractivity contribution in [1.82, 2.24) is 14.5 Å². The number of hydrogen-bond donors (Lipinski definition) is 1. The molecule has 0 radical (unpaired) electrons. The fourth-order valence-corrected chi connectivity index (χ4v) is 2.33. The first kappa shape index (κ1) is 13.6. The van der Waals surface area contributed by atoms with Crippen molar-refractivity contribution < 1.29 is 0 Å². The molecule has 0 saturated heterocycles. The van der Waals surface area contributed by atoms with Crippen molar-refractivity contribution in [2.75, 3.05) is 13.6 Å². The lowest BCUT2D eigenvalue weighted by atomic mass is 10.3. The molecule has 2 rings (SSSR count). The van der Waals surface area contributed by atoms with Crippen molar-refractivity contribution in [1.29, 1.82) is 0 Å². The van der Waals surface area contributed by atoms with E-state index < -0.39 is 0 Å². The van der Waals surface area contributed by atoms with E-state index in [0.717, 1.165) is 33.9 Å². The second kappa shape index (κ2) is 5.43. The summed E-state index contributed by atoms with van der Waals surface area (Å²) < 4.78 is 2.86. The molecule has 0 aliphatic carbocycles. The van der Waals surface area contributed by atoms with Gasteiger partial charge >= 0.3 is 0 Å². The highest BCUT2D eigenvalue weighted by molar-refractivity contribution is 7.71.